The Hall–Kier alpha value is -2.72. The molecule has 188 valence electrons. The second-order valence-corrected chi connectivity index (χ2v) is 11.1. The third-order valence-corrected chi connectivity index (χ3v) is 7.73. The maximum atomic E-state index is 12.0. The molecule has 0 aliphatic rings. The molecule has 7 nitrogen and oxygen atoms in total. The van der Waals surface area contributed by atoms with Crippen LogP contribution < -0.4 is 0 Å². The van der Waals surface area contributed by atoms with E-state index in [1.807, 2.05) is 50.2 Å². The molecular formula is C25H30ClN3O4S2. The van der Waals surface area contributed by atoms with E-state index in [2.05, 4.69) is 4.40 Å². The molecule has 3 rings (SSSR count). The molecule has 1 aromatic heterocycles. The monoisotopic (exact) mass is 535 g/mol. The molecule has 35 heavy (non-hydrogen) atoms. The van der Waals surface area contributed by atoms with Crippen LogP contribution in [0.15, 0.2) is 57.8 Å². The number of carbonyl (C=O) groups is 1. The summed E-state index contributed by atoms with van der Waals surface area (Å²) in [5.74, 6) is -0.143. The highest BCUT2D eigenvalue weighted by molar-refractivity contribution is 7.90. The van der Waals surface area contributed by atoms with Gasteiger partial charge in [0.05, 0.1) is 16.9 Å². The molecule has 0 saturated heterocycles. The Kier molecular flexibility index (Phi) is 10.0. The highest BCUT2D eigenvalue weighted by Gasteiger charge is 2.17. The molecule has 2 aromatic carbocycles. The van der Waals surface area contributed by atoms with Gasteiger partial charge in [0.1, 0.15) is 6.34 Å². The minimum Gasteiger partial charge on any atom is -0.368 e. The minimum absolute atomic E-state index is 0.143. The molecule has 1 heterocycles. The van der Waals surface area contributed by atoms with Crippen LogP contribution in [0, 0.1) is 20.8 Å². The molecule has 10 heteroatoms. The molecule has 3 aromatic rings. The summed E-state index contributed by atoms with van der Waals surface area (Å²) in [6.45, 7) is 5.68. The van der Waals surface area contributed by atoms with Gasteiger partial charge < -0.3 is 4.90 Å². The first-order valence-electron chi connectivity index (χ1n) is 10.6. The fraction of sp³-hybridized carbons (Fsp3) is 0.280. The van der Waals surface area contributed by atoms with E-state index in [-0.39, 0.29) is 10.8 Å². The van der Waals surface area contributed by atoms with Crippen LogP contribution in [0.4, 0.5) is 0 Å². The van der Waals surface area contributed by atoms with Gasteiger partial charge in [0.2, 0.25) is 0 Å². The van der Waals surface area contributed by atoms with Crippen molar-refractivity contribution in [1.29, 1.82) is 0 Å². The molecule has 0 bridgehead atoms. The van der Waals surface area contributed by atoms with E-state index in [4.69, 9.17) is 16.4 Å². The Bertz CT molecular complexity index is 1300. The SMILES string of the molecule is CON(C)C(=O)c1cc(C)c(-c2ccc(Cl)cc2)s1.Cc1ccc(S(=O)(=O)N=CN(C)C)c(C)c1. The van der Waals surface area contributed by atoms with Crippen LogP contribution in [0.2, 0.25) is 5.02 Å². The zero-order valence-electron chi connectivity index (χ0n) is 20.9. The summed E-state index contributed by atoms with van der Waals surface area (Å²) >= 11 is 7.34. The first-order chi connectivity index (χ1) is 16.4. The Morgan fingerprint density at radius 3 is 2.17 bits per heavy atom. The molecule has 0 atom stereocenters. The summed E-state index contributed by atoms with van der Waals surface area (Å²) in [6, 6.07) is 14.7. The maximum Gasteiger partial charge on any atom is 0.287 e. The van der Waals surface area contributed by atoms with E-state index >= 15 is 0 Å². The van der Waals surface area contributed by atoms with Crippen LogP contribution in [0.3, 0.4) is 0 Å². The lowest BCUT2D eigenvalue weighted by Crippen LogP contribution is -2.24. The lowest BCUT2D eigenvalue weighted by molar-refractivity contribution is -0.0753. The van der Waals surface area contributed by atoms with Gasteiger partial charge in [0.15, 0.2) is 0 Å². The van der Waals surface area contributed by atoms with E-state index in [9.17, 15) is 13.2 Å². The van der Waals surface area contributed by atoms with Gasteiger partial charge in [-0.25, -0.2) is 5.06 Å². The van der Waals surface area contributed by atoms with Crippen LogP contribution in [-0.4, -0.2) is 58.9 Å². The smallest absolute Gasteiger partial charge is 0.287 e. The number of thiophene rings is 1. The van der Waals surface area contributed by atoms with E-state index < -0.39 is 10.0 Å². The molecule has 0 aliphatic heterocycles. The summed E-state index contributed by atoms with van der Waals surface area (Å²) in [7, 11) is 2.94. The van der Waals surface area contributed by atoms with Crippen molar-refractivity contribution in [3.8, 4) is 10.4 Å². The van der Waals surface area contributed by atoms with Crippen molar-refractivity contribution in [3.63, 3.8) is 0 Å². The van der Waals surface area contributed by atoms with Crippen LogP contribution in [0.5, 0.6) is 0 Å². The zero-order valence-corrected chi connectivity index (χ0v) is 23.3. The van der Waals surface area contributed by atoms with Gasteiger partial charge in [0, 0.05) is 31.0 Å². The zero-order chi connectivity index (χ0) is 26.3. The number of nitrogens with zero attached hydrogens (tertiary/aromatic N) is 3. The number of aryl methyl sites for hydroxylation is 3. The molecular weight excluding hydrogens is 506 g/mol. The Morgan fingerprint density at radius 1 is 1.00 bits per heavy atom. The van der Waals surface area contributed by atoms with Crippen molar-refractivity contribution >= 4 is 45.2 Å². The van der Waals surface area contributed by atoms with Crippen molar-refractivity contribution in [3.05, 3.63) is 75.1 Å². The van der Waals surface area contributed by atoms with E-state index in [1.54, 1.807) is 45.1 Å². The largest absolute Gasteiger partial charge is 0.368 e. The predicted octanol–water partition coefficient (Wildman–Crippen LogP) is 5.59. The Balaban J connectivity index is 0.000000251. The lowest BCUT2D eigenvalue weighted by atomic mass is 10.1. The normalized spacial score (nSPS) is 11.2. The van der Waals surface area contributed by atoms with Crippen molar-refractivity contribution in [2.75, 3.05) is 28.3 Å². The van der Waals surface area contributed by atoms with Crippen LogP contribution >= 0.6 is 22.9 Å². The average Bonchev–Trinajstić information content (AvgIpc) is 3.19. The topological polar surface area (TPSA) is 79.3 Å². The first kappa shape index (κ1) is 28.5. The van der Waals surface area contributed by atoms with Gasteiger partial charge in [-0.3, -0.25) is 9.63 Å². The van der Waals surface area contributed by atoms with E-state index in [1.165, 1.54) is 29.8 Å². The maximum absolute atomic E-state index is 12.0. The molecule has 0 spiro atoms. The van der Waals surface area contributed by atoms with Gasteiger partial charge in [-0.15, -0.1) is 15.7 Å². The average molecular weight is 536 g/mol. The van der Waals surface area contributed by atoms with Gasteiger partial charge in [-0.1, -0.05) is 41.4 Å². The Morgan fingerprint density at radius 2 is 1.63 bits per heavy atom. The van der Waals surface area contributed by atoms with Crippen LogP contribution in [-0.2, 0) is 14.9 Å². The number of hydroxylamine groups is 2. The molecule has 0 N–H and O–H groups in total. The number of rotatable bonds is 6. The molecule has 0 saturated carbocycles. The number of benzene rings is 2. The van der Waals surface area contributed by atoms with E-state index in [0.29, 0.717) is 9.90 Å². The van der Waals surface area contributed by atoms with Crippen LogP contribution in [0.25, 0.3) is 10.4 Å². The summed E-state index contributed by atoms with van der Waals surface area (Å²) in [4.78, 5) is 20.5. The quantitative estimate of drug-likeness (QED) is 0.233. The summed E-state index contributed by atoms with van der Waals surface area (Å²) in [6.07, 6.45) is 1.29. The van der Waals surface area contributed by atoms with E-state index in [0.717, 1.165) is 27.1 Å². The lowest BCUT2D eigenvalue weighted by Gasteiger charge is -2.11. The number of hydrogen-bond acceptors (Lipinski definition) is 5. The number of amides is 1. The molecule has 0 aliphatic carbocycles. The molecule has 1 amide bonds. The molecule has 0 unspecified atom stereocenters. The van der Waals surface area contributed by atoms with Crippen molar-refractivity contribution in [1.82, 2.24) is 9.96 Å². The summed E-state index contributed by atoms with van der Waals surface area (Å²) in [5, 5.41) is 1.92. The fourth-order valence-electron chi connectivity index (χ4n) is 3.02. The number of halogens is 1. The van der Waals surface area contributed by atoms with Gasteiger partial charge >= 0.3 is 0 Å². The Labute approximate surface area is 216 Å². The third-order valence-electron chi connectivity index (χ3n) is 4.82. The highest BCUT2D eigenvalue weighted by atomic mass is 35.5. The standard InChI is InChI=1S/C14H14ClNO2S.C11H16N2O2S/c1-9-8-12(14(17)16(2)18-3)19-13(9)10-4-6-11(15)7-5-10;1-9-5-6-11(10(2)7-9)16(14,15)12-8-13(3)4/h4-8H,1-3H3;5-8H,1-4H3. The number of hydrogen-bond donors (Lipinski definition) is 0. The highest BCUT2D eigenvalue weighted by Crippen LogP contribution is 2.33. The molecule has 0 fully saturated rings. The molecule has 0 radical (unpaired) electrons. The summed E-state index contributed by atoms with van der Waals surface area (Å²) in [5.41, 5.74) is 3.88. The van der Waals surface area contributed by atoms with Gasteiger partial charge in [-0.05, 0) is 61.7 Å². The van der Waals surface area contributed by atoms with Gasteiger partial charge in [0.25, 0.3) is 15.9 Å². The van der Waals surface area contributed by atoms with Crippen molar-refractivity contribution < 1.29 is 18.0 Å². The van der Waals surface area contributed by atoms with Gasteiger partial charge in [-0.2, -0.15) is 8.42 Å². The summed E-state index contributed by atoms with van der Waals surface area (Å²) < 4.78 is 27.3. The van der Waals surface area contributed by atoms with Crippen LogP contribution in [0.1, 0.15) is 26.4 Å². The predicted molar refractivity (Wildman–Crippen MR) is 144 cm³/mol. The second kappa shape index (κ2) is 12.3. The minimum atomic E-state index is -3.57. The fourth-order valence-corrected chi connectivity index (χ4v) is 5.42. The number of carbonyl (C=O) groups excluding carboxylic acids is 1. The third kappa shape index (κ3) is 7.90. The second-order valence-electron chi connectivity index (χ2n) is 8.04. The number of sulfonamides is 1. The van der Waals surface area contributed by atoms with Crippen molar-refractivity contribution in [2.45, 2.75) is 25.7 Å². The first-order valence-corrected chi connectivity index (χ1v) is 13.2. The van der Waals surface area contributed by atoms with Crippen molar-refractivity contribution in [2.24, 2.45) is 4.40 Å².